The topological polar surface area (TPSA) is 26.5 Å². The highest BCUT2D eigenvalue weighted by atomic mass is 35.5. The van der Waals surface area contributed by atoms with E-state index in [4.69, 9.17) is 16.3 Å². The molecule has 3 nitrogen and oxygen atoms in total. The molecule has 0 aromatic carbocycles. The average Bonchev–Trinajstić information content (AvgIpc) is 2.87. The first-order chi connectivity index (χ1) is 7.75. The maximum atomic E-state index is 6.16. The minimum absolute atomic E-state index is 0.378. The standard InChI is InChI=1S/C12H13ClN2O/c1-8-2-4-15-10(6-8)11(13)14-12(15)9-3-5-16-7-9/h2,4,6,9H,3,5,7H2,1H3. The Morgan fingerprint density at radius 1 is 1.56 bits per heavy atom. The highest BCUT2D eigenvalue weighted by molar-refractivity contribution is 6.32. The number of hydrogen-bond donors (Lipinski definition) is 0. The number of halogens is 1. The summed E-state index contributed by atoms with van der Waals surface area (Å²) < 4.78 is 7.48. The van der Waals surface area contributed by atoms with E-state index in [0.29, 0.717) is 11.1 Å². The Morgan fingerprint density at radius 2 is 2.44 bits per heavy atom. The van der Waals surface area contributed by atoms with Gasteiger partial charge < -0.3 is 9.14 Å². The second-order valence-electron chi connectivity index (χ2n) is 4.28. The number of aromatic nitrogens is 2. The van der Waals surface area contributed by atoms with Gasteiger partial charge in [0.05, 0.1) is 12.1 Å². The third-order valence-corrected chi connectivity index (χ3v) is 3.35. The van der Waals surface area contributed by atoms with Crippen LogP contribution in [0, 0.1) is 6.92 Å². The lowest BCUT2D eigenvalue weighted by Gasteiger charge is -2.06. The van der Waals surface area contributed by atoms with E-state index in [1.807, 2.05) is 6.20 Å². The molecule has 1 fully saturated rings. The van der Waals surface area contributed by atoms with Crippen LogP contribution in [0.3, 0.4) is 0 Å². The molecule has 4 heteroatoms. The number of aryl methyl sites for hydroxylation is 1. The second kappa shape index (κ2) is 3.75. The quantitative estimate of drug-likeness (QED) is 0.761. The van der Waals surface area contributed by atoms with Gasteiger partial charge in [0.1, 0.15) is 5.82 Å². The molecule has 2 aromatic heterocycles. The summed E-state index contributed by atoms with van der Waals surface area (Å²) in [5.41, 5.74) is 2.19. The van der Waals surface area contributed by atoms with Crippen molar-refractivity contribution in [2.45, 2.75) is 19.3 Å². The summed E-state index contributed by atoms with van der Waals surface area (Å²) in [6, 6.07) is 4.14. The fourth-order valence-electron chi connectivity index (χ4n) is 2.20. The average molecular weight is 237 g/mol. The summed E-state index contributed by atoms with van der Waals surface area (Å²) in [4.78, 5) is 4.46. The lowest BCUT2D eigenvalue weighted by Crippen LogP contribution is -2.03. The van der Waals surface area contributed by atoms with Crippen LogP contribution in [0.1, 0.15) is 23.7 Å². The van der Waals surface area contributed by atoms with Gasteiger partial charge >= 0.3 is 0 Å². The maximum Gasteiger partial charge on any atom is 0.155 e. The van der Waals surface area contributed by atoms with Crippen molar-refractivity contribution in [3.63, 3.8) is 0 Å². The SMILES string of the molecule is Cc1ccn2c(C3CCOC3)nc(Cl)c2c1. The van der Waals surface area contributed by atoms with E-state index in [-0.39, 0.29) is 0 Å². The number of fused-ring (bicyclic) bond motifs is 1. The zero-order valence-electron chi connectivity index (χ0n) is 9.11. The van der Waals surface area contributed by atoms with Gasteiger partial charge in [0.25, 0.3) is 0 Å². The van der Waals surface area contributed by atoms with Crippen LogP contribution >= 0.6 is 11.6 Å². The number of hydrogen-bond acceptors (Lipinski definition) is 2. The van der Waals surface area contributed by atoms with E-state index < -0.39 is 0 Å². The monoisotopic (exact) mass is 236 g/mol. The molecule has 0 bridgehead atoms. The van der Waals surface area contributed by atoms with Crippen molar-refractivity contribution >= 4 is 17.1 Å². The van der Waals surface area contributed by atoms with Crippen molar-refractivity contribution < 1.29 is 4.74 Å². The summed E-state index contributed by atoms with van der Waals surface area (Å²) >= 11 is 6.16. The highest BCUT2D eigenvalue weighted by Crippen LogP contribution is 2.28. The summed E-state index contributed by atoms with van der Waals surface area (Å²) in [6.07, 6.45) is 3.07. The van der Waals surface area contributed by atoms with Gasteiger partial charge in [-0.2, -0.15) is 0 Å². The van der Waals surface area contributed by atoms with Gasteiger partial charge in [-0.1, -0.05) is 11.6 Å². The Morgan fingerprint density at radius 3 is 3.19 bits per heavy atom. The third-order valence-electron chi connectivity index (χ3n) is 3.08. The number of imidazole rings is 1. The van der Waals surface area contributed by atoms with Crippen LogP contribution in [0.2, 0.25) is 5.15 Å². The van der Waals surface area contributed by atoms with Crippen molar-refractivity contribution in [1.82, 2.24) is 9.38 Å². The molecule has 0 N–H and O–H groups in total. The molecular weight excluding hydrogens is 224 g/mol. The largest absolute Gasteiger partial charge is 0.381 e. The van der Waals surface area contributed by atoms with Crippen molar-refractivity contribution in [3.8, 4) is 0 Å². The van der Waals surface area contributed by atoms with Gasteiger partial charge in [0, 0.05) is 18.7 Å². The van der Waals surface area contributed by atoms with E-state index in [1.165, 1.54) is 5.56 Å². The summed E-state index contributed by atoms with van der Waals surface area (Å²) in [6.45, 7) is 3.63. The predicted octanol–water partition coefficient (Wildman–Crippen LogP) is 2.80. The molecule has 0 saturated carbocycles. The first-order valence-corrected chi connectivity index (χ1v) is 5.85. The Labute approximate surface area is 99.0 Å². The number of nitrogens with zero attached hydrogens (tertiary/aromatic N) is 2. The van der Waals surface area contributed by atoms with Gasteiger partial charge in [-0.3, -0.25) is 0 Å². The van der Waals surface area contributed by atoms with Crippen molar-refractivity contribution in [2.75, 3.05) is 13.2 Å². The minimum Gasteiger partial charge on any atom is -0.381 e. The van der Waals surface area contributed by atoms with Crippen molar-refractivity contribution in [2.24, 2.45) is 0 Å². The molecule has 16 heavy (non-hydrogen) atoms. The van der Waals surface area contributed by atoms with Crippen molar-refractivity contribution in [1.29, 1.82) is 0 Å². The first kappa shape index (κ1) is 10.1. The zero-order valence-corrected chi connectivity index (χ0v) is 9.87. The molecule has 3 rings (SSSR count). The molecule has 0 aliphatic carbocycles. The summed E-state index contributed by atoms with van der Waals surface area (Å²) in [5.74, 6) is 1.40. The van der Waals surface area contributed by atoms with Gasteiger partial charge in [-0.15, -0.1) is 0 Å². The van der Waals surface area contributed by atoms with Gasteiger partial charge in [-0.05, 0) is 31.0 Å². The normalized spacial score (nSPS) is 20.8. The molecule has 84 valence electrons. The van der Waals surface area contributed by atoms with Gasteiger partial charge in [0.15, 0.2) is 5.15 Å². The van der Waals surface area contributed by atoms with Gasteiger partial charge in [-0.25, -0.2) is 4.98 Å². The van der Waals surface area contributed by atoms with Crippen LogP contribution in [0.4, 0.5) is 0 Å². The van der Waals surface area contributed by atoms with Crippen LogP contribution in [0.5, 0.6) is 0 Å². The van der Waals surface area contributed by atoms with Gasteiger partial charge in [0.2, 0.25) is 0 Å². The molecule has 3 heterocycles. The molecule has 1 unspecified atom stereocenters. The molecule has 1 atom stereocenters. The fraction of sp³-hybridized carbons (Fsp3) is 0.417. The number of ether oxygens (including phenoxy) is 1. The molecule has 0 amide bonds. The fourth-order valence-corrected chi connectivity index (χ4v) is 2.43. The summed E-state index contributed by atoms with van der Waals surface area (Å²) in [5, 5.41) is 0.589. The molecule has 1 aliphatic heterocycles. The Kier molecular flexibility index (Phi) is 2.37. The van der Waals surface area contributed by atoms with Crippen LogP contribution in [0.25, 0.3) is 5.52 Å². The Balaban J connectivity index is 2.18. The highest BCUT2D eigenvalue weighted by Gasteiger charge is 2.23. The van der Waals surface area contributed by atoms with E-state index in [2.05, 4.69) is 28.4 Å². The second-order valence-corrected chi connectivity index (χ2v) is 4.64. The van der Waals surface area contributed by atoms with Crippen LogP contribution in [-0.4, -0.2) is 22.6 Å². The molecule has 1 aliphatic rings. The predicted molar refractivity (Wildman–Crippen MR) is 63.1 cm³/mol. The third kappa shape index (κ3) is 1.51. The lowest BCUT2D eigenvalue weighted by atomic mass is 10.1. The number of pyridine rings is 1. The minimum atomic E-state index is 0.378. The molecule has 2 aromatic rings. The maximum absolute atomic E-state index is 6.16. The Bertz CT molecular complexity index is 529. The van der Waals surface area contributed by atoms with E-state index in [0.717, 1.165) is 31.0 Å². The summed E-state index contributed by atoms with van der Waals surface area (Å²) in [7, 11) is 0. The molecule has 0 radical (unpaired) electrons. The Hall–Kier alpha value is -1.06. The molecular formula is C12H13ClN2O. The van der Waals surface area contributed by atoms with Crippen LogP contribution in [0.15, 0.2) is 18.3 Å². The number of rotatable bonds is 1. The smallest absolute Gasteiger partial charge is 0.155 e. The molecule has 1 saturated heterocycles. The molecule has 0 spiro atoms. The van der Waals surface area contributed by atoms with Crippen molar-refractivity contribution in [3.05, 3.63) is 34.9 Å². The zero-order chi connectivity index (χ0) is 11.1. The first-order valence-electron chi connectivity index (χ1n) is 5.47. The van der Waals surface area contributed by atoms with E-state index in [1.54, 1.807) is 0 Å². The van der Waals surface area contributed by atoms with Crippen LogP contribution in [-0.2, 0) is 4.74 Å². The lowest BCUT2D eigenvalue weighted by molar-refractivity contribution is 0.193. The van der Waals surface area contributed by atoms with E-state index in [9.17, 15) is 0 Å². The van der Waals surface area contributed by atoms with E-state index >= 15 is 0 Å². The van der Waals surface area contributed by atoms with Crippen LogP contribution < -0.4 is 0 Å².